The third-order valence-electron chi connectivity index (χ3n) is 1.15. The molecular weight excluding hydrogens is 214 g/mol. The van der Waals surface area contributed by atoms with Crippen LogP contribution in [0, 0.1) is 11.3 Å². The molecule has 0 fully saturated rings. The Morgan fingerprint density at radius 3 is 2.62 bits per heavy atom. The first kappa shape index (κ1) is 12.7. The second kappa shape index (κ2) is 7.15. The Bertz CT molecular complexity index is 256. The average molecular weight is 225 g/mol. The topological polar surface area (TPSA) is 87.4 Å². The van der Waals surface area contributed by atoms with Crippen LogP contribution in [0.4, 0.5) is 0 Å². The fraction of sp³-hybridized carbons (Fsp3) is 0.833. The molecule has 0 bridgehead atoms. The molecule has 0 saturated carbocycles. The minimum Gasteiger partial charge on any atom is -0.263 e. The maximum absolute atomic E-state index is 10.0. The summed E-state index contributed by atoms with van der Waals surface area (Å²) in [6, 6.07) is 2.01. The molecule has 5 nitrogen and oxygen atoms in total. The zero-order valence-electron chi connectivity index (χ0n) is 6.97. The Hall–Kier alpha value is -0.290. The van der Waals surface area contributed by atoms with Crippen molar-refractivity contribution in [3.8, 4) is 6.07 Å². The van der Waals surface area contributed by atoms with Crippen molar-refractivity contribution in [3.63, 3.8) is 0 Å². The molecule has 76 valence electrons. The number of hydrogen-bond acceptors (Lipinski definition) is 5. The van der Waals surface area contributed by atoms with Crippen molar-refractivity contribution in [2.45, 2.75) is 25.7 Å². The largest absolute Gasteiger partial charge is 0.408 e. The monoisotopic (exact) mass is 225 g/mol. The van der Waals surface area contributed by atoms with Gasteiger partial charge in [-0.3, -0.25) is 4.55 Å². The summed E-state index contributed by atoms with van der Waals surface area (Å²) in [5.74, 6) is 0.491. The third-order valence-corrected chi connectivity index (χ3v) is 2.68. The smallest absolute Gasteiger partial charge is 0.263 e. The van der Waals surface area contributed by atoms with Crippen molar-refractivity contribution in [3.05, 3.63) is 0 Å². The van der Waals surface area contributed by atoms with Gasteiger partial charge in [-0.2, -0.15) is 17.3 Å². The molecule has 0 radical (unpaired) electrons. The van der Waals surface area contributed by atoms with Crippen LogP contribution in [0.1, 0.15) is 25.7 Å². The normalized spacial score (nSPS) is 11.1. The molecule has 0 rings (SSSR count). The maximum Gasteiger partial charge on any atom is 0.408 e. The van der Waals surface area contributed by atoms with Crippen molar-refractivity contribution >= 4 is 22.4 Å². The van der Waals surface area contributed by atoms with Crippen LogP contribution in [0.2, 0.25) is 0 Å². The highest BCUT2D eigenvalue weighted by molar-refractivity contribution is 8.02. The van der Waals surface area contributed by atoms with Crippen LogP contribution in [0.5, 0.6) is 0 Å². The lowest BCUT2D eigenvalue weighted by atomic mass is 10.2. The molecule has 0 aromatic heterocycles. The fourth-order valence-electron chi connectivity index (χ4n) is 0.637. The summed E-state index contributed by atoms with van der Waals surface area (Å²) in [4.78, 5) is 0. The van der Waals surface area contributed by atoms with E-state index in [0.717, 1.165) is 19.3 Å². The quantitative estimate of drug-likeness (QED) is 0.401. The highest BCUT2D eigenvalue weighted by atomic mass is 32.3. The van der Waals surface area contributed by atoms with Gasteiger partial charge in [0.2, 0.25) is 0 Å². The van der Waals surface area contributed by atoms with E-state index in [0.29, 0.717) is 24.2 Å². The molecule has 0 aliphatic carbocycles. The number of unbranched alkanes of at least 4 members (excludes halogenated alkanes) is 3. The summed E-state index contributed by atoms with van der Waals surface area (Å²) >= 11 is 0.697. The van der Waals surface area contributed by atoms with Crippen LogP contribution in [-0.4, -0.2) is 18.7 Å². The molecule has 0 aliphatic rings. The highest BCUT2D eigenvalue weighted by Crippen LogP contribution is 2.10. The SMILES string of the molecule is N#CCCCCCSOS(=O)(=O)O. The van der Waals surface area contributed by atoms with Crippen LogP contribution in [0.15, 0.2) is 0 Å². The van der Waals surface area contributed by atoms with Gasteiger partial charge in [-0.15, -0.1) is 0 Å². The van der Waals surface area contributed by atoms with E-state index in [1.54, 1.807) is 0 Å². The van der Waals surface area contributed by atoms with Crippen molar-refractivity contribution < 1.29 is 16.6 Å². The van der Waals surface area contributed by atoms with Gasteiger partial charge in [0.25, 0.3) is 0 Å². The Kier molecular flexibility index (Phi) is 6.99. The van der Waals surface area contributed by atoms with Gasteiger partial charge in [0, 0.05) is 24.2 Å². The molecule has 0 atom stereocenters. The Morgan fingerprint density at radius 2 is 2.08 bits per heavy atom. The van der Waals surface area contributed by atoms with Gasteiger partial charge in [-0.25, -0.2) is 0 Å². The summed E-state index contributed by atoms with van der Waals surface area (Å²) in [5.41, 5.74) is 0. The maximum atomic E-state index is 10.0. The molecule has 0 unspecified atom stereocenters. The zero-order valence-corrected chi connectivity index (χ0v) is 8.60. The predicted octanol–water partition coefficient (Wildman–Crippen LogP) is 1.54. The van der Waals surface area contributed by atoms with Crippen molar-refractivity contribution in [2.75, 3.05) is 5.75 Å². The van der Waals surface area contributed by atoms with Crippen molar-refractivity contribution in [2.24, 2.45) is 0 Å². The van der Waals surface area contributed by atoms with Gasteiger partial charge in [-0.05, 0) is 12.8 Å². The Morgan fingerprint density at radius 1 is 1.38 bits per heavy atom. The van der Waals surface area contributed by atoms with Gasteiger partial charge in [0.05, 0.1) is 6.07 Å². The number of rotatable bonds is 7. The second-order valence-corrected chi connectivity index (χ2v) is 4.33. The van der Waals surface area contributed by atoms with Gasteiger partial charge < -0.3 is 0 Å². The molecule has 0 aromatic carbocycles. The van der Waals surface area contributed by atoms with E-state index in [1.807, 2.05) is 6.07 Å². The molecule has 0 spiro atoms. The molecule has 0 heterocycles. The standard InChI is InChI=1S/C6H11NO4S2/c7-5-3-1-2-4-6-12-11-13(8,9)10/h1-4,6H2,(H,8,9,10). The first-order valence-electron chi connectivity index (χ1n) is 3.72. The fourth-order valence-corrected chi connectivity index (χ4v) is 1.72. The van der Waals surface area contributed by atoms with Crippen LogP contribution in [0.3, 0.4) is 0 Å². The number of hydrogen-bond donors (Lipinski definition) is 1. The van der Waals surface area contributed by atoms with E-state index in [1.165, 1.54) is 0 Å². The summed E-state index contributed by atoms with van der Waals surface area (Å²) < 4.78 is 32.2. The molecule has 0 aliphatic heterocycles. The van der Waals surface area contributed by atoms with Gasteiger partial charge in [0.15, 0.2) is 0 Å². The third kappa shape index (κ3) is 11.7. The first-order chi connectivity index (χ1) is 6.06. The lowest BCUT2D eigenvalue weighted by molar-refractivity contribution is 0.407. The number of nitrogens with zero attached hydrogens (tertiary/aromatic N) is 1. The van der Waals surface area contributed by atoms with Gasteiger partial charge in [-0.1, -0.05) is 6.42 Å². The first-order valence-corrected chi connectivity index (χ1v) is 5.99. The molecule has 0 saturated heterocycles. The summed E-state index contributed by atoms with van der Waals surface area (Å²) in [5, 5.41) is 8.18. The van der Waals surface area contributed by atoms with Crippen LogP contribution in [0.25, 0.3) is 0 Å². The van der Waals surface area contributed by atoms with E-state index in [2.05, 4.69) is 3.63 Å². The van der Waals surface area contributed by atoms with Crippen molar-refractivity contribution in [1.29, 1.82) is 5.26 Å². The van der Waals surface area contributed by atoms with Crippen LogP contribution >= 0.6 is 12.0 Å². The van der Waals surface area contributed by atoms with Crippen molar-refractivity contribution in [1.82, 2.24) is 0 Å². The molecular formula is C6H11NO4S2. The lowest BCUT2D eigenvalue weighted by Crippen LogP contribution is -1.97. The highest BCUT2D eigenvalue weighted by Gasteiger charge is 2.03. The summed E-state index contributed by atoms with van der Waals surface area (Å²) in [6.45, 7) is 0. The van der Waals surface area contributed by atoms with Gasteiger partial charge >= 0.3 is 10.4 Å². The predicted molar refractivity (Wildman–Crippen MR) is 49.2 cm³/mol. The zero-order chi connectivity index (χ0) is 10.2. The van der Waals surface area contributed by atoms with Gasteiger partial charge in [0.1, 0.15) is 0 Å². The molecule has 1 N–H and O–H groups in total. The lowest BCUT2D eigenvalue weighted by Gasteiger charge is -1.97. The van der Waals surface area contributed by atoms with E-state index < -0.39 is 10.4 Å². The molecule has 0 aromatic rings. The second-order valence-electron chi connectivity index (χ2n) is 2.29. The number of nitriles is 1. The average Bonchev–Trinajstić information content (AvgIpc) is 2.01. The molecule has 0 amide bonds. The van der Waals surface area contributed by atoms with E-state index in [9.17, 15) is 8.42 Å². The van der Waals surface area contributed by atoms with E-state index >= 15 is 0 Å². The van der Waals surface area contributed by atoms with E-state index in [-0.39, 0.29) is 0 Å². The minimum atomic E-state index is -4.31. The van der Waals surface area contributed by atoms with Crippen LogP contribution < -0.4 is 0 Å². The van der Waals surface area contributed by atoms with Crippen LogP contribution in [-0.2, 0) is 14.0 Å². The minimum absolute atomic E-state index is 0.491. The Labute approximate surface area is 82.2 Å². The molecule has 13 heavy (non-hydrogen) atoms. The summed E-state index contributed by atoms with van der Waals surface area (Å²) in [7, 11) is -4.31. The summed E-state index contributed by atoms with van der Waals surface area (Å²) in [6.07, 6.45) is 2.95. The van der Waals surface area contributed by atoms with E-state index in [4.69, 9.17) is 9.81 Å². The Balaban J connectivity index is 3.14. The molecule has 7 heteroatoms.